The highest BCUT2D eigenvalue weighted by atomic mass is 16.5. The zero-order valence-electron chi connectivity index (χ0n) is 16.7. The lowest BCUT2D eigenvalue weighted by Crippen LogP contribution is -2.14. The first-order valence-electron chi connectivity index (χ1n) is 10.1. The summed E-state index contributed by atoms with van der Waals surface area (Å²) in [6.45, 7) is 2.23. The van der Waals surface area contributed by atoms with Crippen LogP contribution >= 0.6 is 0 Å². The average Bonchev–Trinajstić information content (AvgIpc) is 2.64. The molecule has 0 aromatic rings. The topological polar surface area (TPSA) is 46.5 Å². The maximum Gasteiger partial charge on any atom is 0.308 e. The van der Waals surface area contributed by atoms with Gasteiger partial charge in [-0.2, -0.15) is 0 Å². The number of allylic oxidation sites excluding steroid dienone is 8. The second-order valence-electron chi connectivity index (χ2n) is 6.45. The minimum Gasteiger partial charge on any atom is -0.469 e. The van der Waals surface area contributed by atoms with E-state index in [4.69, 9.17) is 0 Å². The number of aliphatic hydroxyl groups excluding tert-OH is 1. The van der Waals surface area contributed by atoms with E-state index in [1.54, 1.807) is 0 Å². The molecule has 0 aromatic carbocycles. The zero-order valence-corrected chi connectivity index (χ0v) is 16.7. The molecule has 0 spiro atoms. The molecule has 0 saturated carbocycles. The summed E-state index contributed by atoms with van der Waals surface area (Å²) in [6.07, 6.45) is 27.6. The quantitative estimate of drug-likeness (QED) is 0.206. The van der Waals surface area contributed by atoms with E-state index in [2.05, 4.69) is 60.3 Å². The molecule has 1 atom stereocenters. The van der Waals surface area contributed by atoms with Crippen molar-refractivity contribution in [3.05, 3.63) is 48.6 Å². The fraction of sp³-hybridized carbons (Fsp3) is 0.609. The van der Waals surface area contributed by atoms with E-state index in [9.17, 15) is 9.90 Å². The monoisotopic (exact) mass is 362 g/mol. The molecule has 0 aliphatic carbocycles. The van der Waals surface area contributed by atoms with Gasteiger partial charge in [-0.25, -0.2) is 0 Å². The van der Waals surface area contributed by atoms with Gasteiger partial charge in [-0.1, -0.05) is 68.4 Å². The van der Waals surface area contributed by atoms with Gasteiger partial charge >= 0.3 is 5.97 Å². The van der Waals surface area contributed by atoms with Gasteiger partial charge in [-0.05, 0) is 51.4 Å². The number of esters is 1. The van der Waals surface area contributed by atoms with Gasteiger partial charge < -0.3 is 9.84 Å². The normalized spacial score (nSPS) is 13.5. The predicted molar refractivity (Wildman–Crippen MR) is 111 cm³/mol. The van der Waals surface area contributed by atoms with E-state index < -0.39 is 6.10 Å². The SMILES string of the molecule is CCCCC/C=C/C/C=C/C/C=C/C/C=C/CCCC(O)CC(=O)OC. The lowest BCUT2D eigenvalue weighted by Gasteiger charge is -2.07. The molecule has 0 aromatic heterocycles. The van der Waals surface area contributed by atoms with Crippen molar-refractivity contribution < 1.29 is 14.6 Å². The van der Waals surface area contributed by atoms with Crippen molar-refractivity contribution in [3.63, 3.8) is 0 Å². The van der Waals surface area contributed by atoms with Crippen molar-refractivity contribution in [2.24, 2.45) is 0 Å². The number of rotatable bonds is 16. The minimum atomic E-state index is -0.589. The van der Waals surface area contributed by atoms with Crippen LogP contribution in [0.1, 0.15) is 77.6 Å². The molecule has 0 heterocycles. The summed E-state index contributed by atoms with van der Waals surface area (Å²) >= 11 is 0. The van der Waals surface area contributed by atoms with E-state index in [0.717, 1.165) is 32.1 Å². The summed E-state index contributed by atoms with van der Waals surface area (Å²) in [5.41, 5.74) is 0. The number of hydrogen-bond acceptors (Lipinski definition) is 3. The molecular weight excluding hydrogens is 324 g/mol. The molecule has 148 valence electrons. The van der Waals surface area contributed by atoms with Crippen LogP contribution in [0.2, 0.25) is 0 Å². The lowest BCUT2D eigenvalue weighted by atomic mass is 10.1. The summed E-state index contributed by atoms with van der Waals surface area (Å²) in [6, 6.07) is 0. The van der Waals surface area contributed by atoms with Crippen LogP contribution in [0.25, 0.3) is 0 Å². The number of carbonyl (C=O) groups excluding carboxylic acids is 1. The second kappa shape index (κ2) is 19.7. The van der Waals surface area contributed by atoms with E-state index in [1.165, 1.54) is 32.8 Å². The van der Waals surface area contributed by atoms with Gasteiger partial charge in [0.15, 0.2) is 0 Å². The standard InChI is InChI=1S/C23H38O3/c1-3-4-5-6-7-8-9-10-11-12-13-14-15-16-17-18-19-20-22(24)21-23(25)26-2/h7-8,10-11,13-14,16-17,22,24H,3-6,9,12,15,18-21H2,1-2H3/b8-7+,11-10+,14-13+,17-16+. The predicted octanol–water partition coefficient (Wildman–Crippen LogP) is 6.06. The number of carbonyl (C=O) groups is 1. The molecule has 0 fully saturated rings. The summed E-state index contributed by atoms with van der Waals surface area (Å²) < 4.78 is 4.53. The number of ether oxygens (including phenoxy) is 1. The molecular formula is C23H38O3. The van der Waals surface area contributed by atoms with Crippen LogP contribution in [0.15, 0.2) is 48.6 Å². The molecule has 1 N–H and O–H groups in total. The van der Waals surface area contributed by atoms with Gasteiger partial charge in [0.2, 0.25) is 0 Å². The third kappa shape index (κ3) is 18.7. The van der Waals surface area contributed by atoms with Crippen molar-refractivity contribution in [1.29, 1.82) is 0 Å². The van der Waals surface area contributed by atoms with Crippen molar-refractivity contribution in [2.45, 2.75) is 83.7 Å². The van der Waals surface area contributed by atoms with Gasteiger partial charge in [-0.3, -0.25) is 4.79 Å². The molecule has 0 rings (SSSR count). The molecule has 0 aliphatic rings. The lowest BCUT2D eigenvalue weighted by molar-refractivity contribution is -0.142. The smallest absolute Gasteiger partial charge is 0.308 e. The Labute approximate surface area is 160 Å². The third-order valence-corrected chi connectivity index (χ3v) is 4.00. The fourth-order valence-electron chi connectivity index (χ4n) is 2.41. The highest BCUT2D eigenvalue weighted by molar-refractivity contribution is 5.69. The Morgan fingerprint density at radius 3 is 1.85 bits per heavy atom. The van der Waals surface area contributed by atoms with Gasteiger partial charge in [0.25, 0.3) is 0 Å². The number of unbranched alkanes of at least 4 members (excludes halogenated alkanes) is 4. The Kier molecular flexibility index (Phi) is 18.5. The van der Waals surface area contributed by atoms with Crippen LogP contribution in [0, 0.1) is 0 Å². The van der Waals surface area contributed by atoms with Crippen molar-refractivity contribution in [2.75, 3.05) is 7.11 Å². The van der Waals surface area contributed by atoms with Gasteiger partial charge in [0.1, 0.15) is 0 Å². The Hall–Kier alpha value is -1.61. The summed E-state index contributed by atoms with van der Waals surface area (Å²) in [5.74, 6) is -0.352. The first kappa shape index (κ1) is 24.4. The maximum absolute atomic E-state index is 11.0. The Morgan fingerprint density at radius 1 is 0.846 bits per heavy atom. The molecule has 0 saturated heterocycles. The molecule has 26 heavy (non-hydrogen) atoms. The molecule has 0 radical (unpaired) electrons. The average molecular weight is 363 g/mol. The van der Waals surface area contributed by atoms with Crippen LogP contribution < -0.4 is 0 Å². The van der Waals surface area contributed by atoms with Crippen LogP contribution in [-0.2, 0) is 9.53 Å². The molecule has 3 heteroatoms. The highest BCUT2D eigenvalue weighted by Crippen LogP contribution is 2.06. The summed E-state index contributed by atoms with van der Waals surface area (Å²) in [7, 11) is 1.34. The van der Waals surface area contributed by atoms with Crippen molar-refractivity contribution in [3.8, 4) is 0 Å². The second-order valence-corrected chi connectivity index (χ2v) is 6.45. The number of hydrogen-bond donors (Lipinski definition) is 1. The molecule has 0 aliphatic heterocycles. The fourth-order valence-corrected chi connectivity index (χ4v) is 2.41. The number of aliphatic hydroxyl groups is 1. The maximum atomic E-state index is 11.0. The zero-order chi connectivity index (χ0) is 19.3. The minimum absolute atomic E-state index is 0.0884. The van der Waals surface area contributed by atoms with Crippen molar-refractivity contribution >= 4 is 5.97 Å². The van der Waals surface area contributed by atoms with E-state index >= 15 is 0 Å². The van der Waals surface area contributed by atoms with Crippen LogP contribution in [-0.4, -0.2) is 24.3 Å². The first-order valence-corrected chi connectivity index (χ1v) is 10.1. The number of methoxy groups -OCH3 is 1. The Balaban J connectivity index is 3.50. The third-order valence-electron chi connectivity index (χ3n) is 4.00. The Morgan fingerprint density at radius 2 is 1.35 bits per heavy atom. The van der Waals surface area contributed by atoms with Crippen molar-refractivity contribution in [1.82, 2.24) is 0 Å². The van der Waals surface area contributed by atoms with Crippen LogP contribution in [0.3, 0.4) is 0 Å². The Bertz CT molecular complexity index is 433. The molecule has 1 unspecified atom stereocenters. The first-order chi connectivity index (χ1) is 12.7. The molecule has 0 amide bonds. The summed E-state index contributed by atoms with van der Waals surface area (Å²) in [4.78, 5) is 11.0. The van der Waals surface area contributed by atoms with Crippen LogP contribution in [0.4, 0.5) is 0 Å². The van der Waals surface area contributed by atoms with Gasteiger partial charge in [0.05, 0.1) is 19.6 Å². The summed E-state index contributed by atoms with van der Waals surface area (Å²) in [5, 5.41) is 9.63. The highest BCUT2D eigenvalue weighted by Gasteiger charge is 2.09. The van der Waals surface area contributed by atoms with E-state index in [-0.39, 0.29) is 12.4 Å². The largest absolute Gasteiger partial charge is 0.469 e. The van der Waals surface area contributed by atoms with Gasteiger partial charge in [-0.15, -0.1) is 0 Å². The van der Waals surface area contributed by atoms with Crippen LogP contribution in [0.5, 0.6) is 0 Å². The van der Waals surface area contributed by atoms with E-state index in [0.29, 0.717) is 6.42 Å². The van der Waals surface area contributed by atoms with Gasteiger partial charge in [0, 0.05) is 0 Å². The molecule has 3 nitrogen and oxygen atoms in total. The molecule has 0 bridgehead atoms. The van der Waals surface area contributed by atoms with E-state index in [1.807, 2.05) is 0 Å².